The highest BCUT2D eigenvalue weighted by atomic mass is 19.2. The largest absolute Gasteiger partial charge is 0.484 e. The van der Waals surface area contributed by atoms with Gasteiger partial charge in [-0.2, -0.15) is 8.78 Å². The van der Waals surface area contributed by atoms with Gasteiger partial charge in [-0.1, -0.05) is 0 Å². The quantitative estimate of drug-likeness (QED) is 0.130. The molecule has 0 aliphatic heterocycles. The number of ether oxygens (including phenoxy) is 2. The topological polar surface area (TPSA) is 18.5 Å². The fraction of sp³-hybridized carbons (Fsp3) is 0.286. The smallest absolute Gasteiger partial charge is 0.202 e. The lowest BCUT2D eigenvalue weighted by Gasteiger charge is -2.29. The molecular weight excluding hydrogens is 596 g/mol. The minimum absolute atomic E-state index is 1.19. The zero-order valence-corrected chi connectivity index (χ0v) is 22.4. The third kappa shape index (κ3) is 4.64. The average molecular weight is 614 g/mol. The van der Waals surface area contributed by atoms with Gasteiger partial charge in [-0.05, 0) is 41.5 Å². The molecule has 0 unspecified atom stereocenters. The van der Waals surface area contributed by atoms with Crippen molar-refractivity contribution in [2.45, 2.75) is 52.7 Å². The summed E-state index contributed by atoms with van der Waals surface area (Å²) >= 11 is 0. The first-order chi connectivity index (χ1) is 19.1. The van der Waals surface area contributed by atoms with Crippen LogP contribution in [0.25, 0.3) is 32.7 Å². The molecule has 0 saturated carbocycles. The molecule has 0 aliphatic carbocycles. The summed E-state index contributed by atoms with van der Waals surface area (Å²) in [6.07, 6.45) is 0. The SMILES string of the molecule is CC(C)(C)Oc1c(F)c(F)c2c(F)c(F)c(F)c(F)c2c1-c1c(OC(C)(C)C)c(F)c(F)c2c(F)c(F)c(F)c(F)c12. The average Bonchev–Trinajstić information content (AvgIpc) is 2.88. The van der Waals surface area contributed by atoms with Crippen molar-refractivity contribution >= 4 is 21.5 Å². The van der Waals surface area contributed by atoms with Gasteiger partial charge in [0.1, 0.15) is 11.2 Å². The predicted molar refractivity (Wildman–Crippen MR) is 127 cm³/mol. The van der Waals surface area contributed by atoms with E-state index in [1.165, 1.54) is 41.5 Å². The van der Waals surface area contributed by atoms with Crippen molar-refractivity contribution in [1.82, 2.24) is 0 Å². The van der Waals surface area contributed by atoms with E-state index < -0.39 is 125 Å². The molecule has 4 rings (SSSR count). The van der Waals surface area contributed by atoms with Crippen LogP contribution in [0.2, 0.25) is 0 Å². The molecule has 4 aromatic rings. The van der Waals surface area contributed by atoms with E-state index in [-0.39, 0.29) is 0 Å². The molecule has 0 heterocycles. The zero-order chi connectivity index (χ0) is 32.0. The second kappa shape index (κ2) is 9.87. The number of fused-ring (bicyclic) bond motifs is 2. The molecule has 14 heteroatoms. The molecule has 0 amide bonds. The van der Waals surface area contributed by atoms with E-state index in [9.17, 15) is 26.3 Å². The molecule has 0 spiro atoms. The summed E-state index contributed by atoms with van der Waals surface area (Å²) < 4.78 is 190. The lowest BCUT2D eigenvalue weighted by Crippen LogP contribution is -2.26. The van der Waals surface area contributed by atoms with E-state index >= 15 is 26.3 Å². The standard InChI is InChI=1S/C28H18F12O2/c1-27(2,3)41-25-9(7-11(17(33)23(25)39)15(31)21(37)19(35)13(7)29)10-8-12(16(32)22(38)20(36)14(8)30)18(34)24(40)26(10)42-28(4,5)6/h1-6H3. The third-order valence-corrected chi connectivity index (χ3v) is 5.78. The van der Waals surface area contributed by atoms with Crippen molar-refractivity contribution in [2.75, 3.05) is 0 Å². The lowest BCUT2D eigenvalue weighted by atomic mass is 9.89. The first kappa shape index (κ1) is 31.1. The Morgan fingerprint density at radius 2 is 0.524 bits per heavy atom. The molecule has 0 aliphatic rings. The van der Waals surface area contributed by atoms with Crippen LogP contribution >= 0.6 is 0 Å². The molecule has 0 saturated heterocycles. The Hall–Kier alpha value is -3.84. The van der Waals surface area contributed by atoms with Crippen molar-refractivity contribution in [3.8, 4) is 22.6 Å². The predicted octanol–water partition coefficient (Wildman–Crippen LogP) is 9.68. The van der Waals surface area contributed by atoms with Crippen LogP contribution in [0.4, 0.5) is 52.7 Å². The molecule has 0 radical (unpaired) electrons. The monoisotopic (exact) mass is 614 g/mol. The maximum atomic E-state index is 15.6. The molecule has 4 aromatic carbocycles. The molecule has 0 N–H and O–H groups in total. The van der Waals surface area contributed by atoms with E-state index in [1.807, 2.05) is 0 Å². The number of halogens is 12. The Morgan fingerprint density at radius 3 is 0.762 bits per heavy atom. The maximum Gasteiger partial charge on any atom is 0.202 e. The van der Waals surface area contributed by atoms with Gasteiger partial charge in [0.15, 0.2) is 69.7 Å². The van der Waals surface area contributed by atoms with E-state index in [1.54, 1.807) is 0 Å². The molecule has 0 fully saturated rings. The highest BCUT2D eigenvalue weighted by molar-refractivity contribution is 6.11. The molecule has 226 valence electrons. The lowest BCUT2D eigenvalue weighted by molar-refractivity contribution is 0.121. The summed E-state index contributed by atoms with van der Waals surface area (Å²) in [4.78, 5) is 0. The van der Waals surface area contributed by atoms with Crippen LogP contribution in [0.1, 0.15) is 41.5 Å². The Labute approximate surface area is 229 Å². The molecule has 0 atom stereocenters. The van der Waals surface area contributed by atoms with E-state index in [2.05, 4.69) is 0 Å². The number of rotatable bonds is 3. The Bertz CT molecular complexity index is 1690. The summed E-state index contributed by atoms with van der Waals surface area (Å²) in [5, 5.41) is -7.47. The minimum atomic E-state index is -2.62. The molecule has 42 heavy (non-hydrogen) atoms. The van der Waals surface area contributed by atoms with Crippen LogP contribution in [0.3, 0.4) is 0 Å². The summed E-state index contributed by atoms with van der Waals surface area (Å²) in [5.74, 6) is -32.9. The first-order valence-corrected chi connectivity index (χ1v) is 11.8. The number of hydrogen-bond acceptors (Lipinski definition) is 2. The second-order valence-electron chi connectivity index (χ2n) is 11.1. The van der Waals surface area contributed by atoms with Crippen LogP contribution in [0, 0.1) is 69.8 Å². The Kier molecular flexibility index (Phi) is 7.31. The summed E-state index contributed by atoms with van der Waals surface area (Å²) in [5.41, 5.74) is -6.41. The molecule has 2 nitrogen and oxygen atoms in total. The highest BCUT2D eigenvalue weighted by Crippen LogP contribution is 2.53. The van der Waals surface area contributed by atoms with Gasteiger partial charge < -0.3 is 9.47 Å². The summed E-state index contributed by atoms with van der Waals surface area (Å²) in [6, 6.07) is 0. The number of benzene rings is 4. The zero-order valence-electron chi connectivity index (χ0n) is 22.4. The minimum Gasteiger partial charge on any atom is -0.484 e. The van der Waals surface area contributed by atoms with Crippen molar-refractivity contribution in [3.63, 3.8) is 0 Å². The third-order valence-electron chi connectivity index (χ3n) is 5.78. The fourth-order valence-corrected chi connectivity index (χ4v) is 4.29. The highest BCUT2D eigenvalue weighted by Gasteiger charge is 2.39. The van der Waals surface area contributed by atoms with Crippen LogP contribution in [-0.4, -0.2) is 11.2 Å². The van der Waals surface area contributed by atoms with Crippen molar-refractivity contribution in [2.24, 2.45) is 0 Å². The summed E-state index contributed by atoms with van der Waals surface area (Å²) in [7, 11) is 0. The van der Waals surface area contributed by atoms with Gasteiger partial charge in [0.2, 0.25) is 11.6 Å². The normalized spacial score (nSPS) is 12.5. The van der Waals surface area contributed by atoms with Crippen molar-refractivity contribution in [3.05, 3.63) is 69.8 Å². The van der Waals surface area contributed by atoms with Crippen molar-refractivity contribution in [1.29, 1.82) is 0 Å². The van der Waals surface area contributed by atoms with E-state index in [4.69, 9.17) is 9.47 Å². The van der Waals surface area contributed by atoms with Gasteiger partial charge in [0, 0.05) is 21.9 Å². The van der Waals surface area contributed by atoms with Gasteiger partial charge in [-0.15, -0.1) is 0 Å². The van der Waals surface area contributed by atoms with Crippen LogP contribution < -0.4 is 9.47 Å². The van der Waals surface area contributed by atoms with E-state index in [0.717, 1.165) is 0 Å². The Morgan fingerprint density at radius 1 is 0.310 bits per heavy atom. The van der Waals surface area contributed by atoms with Gasteiger partial charge >= 0.3 is 0 Å². The maximum absolute atomic E-state index is 15.6. The van der Waals surface area contributed by atoms with Gasteiger partial charge in [-0.3, -0.25) is 0 Å². The second-order valence-corrected chi connectivity index (χ2v) is 11.1. The van der Waals surface area contributed by atoms with Crippen LogP contribution in [-0.2, 0) is 0 Å². The van der Waals surface area contributed by atoms with Gasteiger partial charge in [0.05, 0.1) is 10.8 Å². The molecular formula is C28H18F12O2. The fourth-order valence-electron chi connectivity index (χ4n) is 4.29. The first-order valence-electron chi connectivity index (χ1n) is 11.8. The Balaban J connectivity index is 2.54. The molecule has 0 aromatic heterocycles. The van der Waals surface area contributed by atoms with E-state index in [0.29, 0.717) is 0 Å². The van der Waals surface area contributed by atoms with Gasteiger partial charge in [-0.25, -0.2) is 43.9 Å². The summed E-state index contributed by atoms with van der Waals surface area (Å²) in [6.45, 7) is 7.12. The van der Waals surface area contributed by atoms with Crippen LogP contribution in [0.5, 0.6) is 11.5 Å². The molecule has 0 bridgehead atoms. The van der Waals surface area contributed by atoms with Gasteiger partial charge in [0.25, 0.3) is 0 Å². The van der Waals surface area contributed by atoms with Crippen molar-refractivity contribution < 1.29 is 62.2 Å². The number of hydrogen-bond donors (Lipinski definition) is 0. The van der Waals surface area contributed by atoms with Crippen LogP contribution in [0.15, 0.2) is 0 Å².